The van der Waals surface area contributed by atoms with Crippen molar-refractivity contribution in [2.24, 2.45) is 5.92 Å². The predicted molar refractivity (Wildman–Crippen MR) is 150 cm³/mol. The third-order valence-corrected chi connectivity index (χ3v) is 10.0. The summed E-state index contributed by atoms with van der Waals surface area (Å²) in [6.45, 7) is 0. The predicted octanol–water partition coefficient (Wildman–Crippen LogP) is 5.45. The Balaban J connectivity index is 1.48. The molecule has 6 nitrogen and oxygen atoms in total. The van der Waals surface area contributed by atoms with Gasteiger partial charge in [-0.3, -0.25) is 9.59 Å². The van der Waals surface area contributed by atoms with Gasteiger partial charge in [0.15, 0.2) is 0 Å². The van der Waals surface area contributed by atoms with Crippen molar-refractivity contribution in [1.29, 1.82) is 0 Å². The molecule has 3 fully saturated rings. The summed E-state index contributed by atoms with van der Waals surface area (Å²) < 4.78 is 15.9. The topological polar surface area (TPSA) is 90.5 Å². The SMILES string of the molecule is O=C(N[C@H]1CC[C@H](O)CC1)[C@@H]1N[C@@H](CC2CCCC2)[C@@]2(C(=O)Nc3cc(Cl)ccc32)[C@H]1c1cccc(Cl)c1F. The summed E-state index contributed by atoms with van der Waals surface area (Å²) in [5.74, 6) is -1.55. The molecule has 4 aliphatic rings. The Morgan fingerprint density at radius 1 is 1.08 bits per heavy atom. The summed E-state index contributed by atoms with van der Waals surface area (Å²) >= 11 is 12.6. The molecule has 0 aromatic heterocycles. The summed E-state index contributed by atoms with van der Waals surface area (Å²) in [5, 5.41) is 20.1. The highest BCUT2D eigenvalue weighted by atomic mass is 35.5. The van der Waals surface area contributed by atoms with E-state index in [9.17, 15) is 14.7 Å². The van der Waals surface area contributed by atoms with Gasteiger partial charge in [0.05, 0.1) is 17.2 Å². The maximum atomic E-state index is 15.9. The zero-order valence-electron chi connectivity index (χ0n) is 21.7. The molecular formula is C30H34Cl2FN3O3. The molecule has 2 heterocycles. The average Bonchev–Trinajstić information content (AvgIpc) is 3.61. The number of hydrogen-bond donors (Lipinski definition) is 4. The van der Waals surface area contributed by atoms with Gasteiger partial charge in [-0.05, 0) is 67.3 Å². The quantitative estimate of drug-likeness (QED) is 0.383. The van der Waals surface area contributed by atoms with Gasteiger partial charge in [-0.25, -0.2) is 4.39 Å². The number of aliphatic hydroxyl groups is 1. The van der Waals surface area contributed by atoms with Gasteiger partial charge >= 0.3 is 0 Å². The monoisotopic (exact) mass is 573 g/mol. The van der Waals surface area contributed by atoms with Crippen LogP contribution < -0.4 is 16.0 Å². The molecule has 2 amide bonds. The molecule has 4 N–H and O–H groups in total. The van der Waals surface area contributed by atoms with E-state index in [1.807, 2.05) is 6.07 Å². The van der Waals surface area contributed by atoms with Crippen LogP contribution in [0.5, 0.6) is 0 Å². The lowest BCUT2D eigenvalue weighted by atomic mass is 9.63. The van der Waals surface area contributed by atoms with E-state index in [0.717, 1.165) is 31.2 Å². The fraction of sp³-hybridized carbons (Fsp3) is 0.533. The zero-order valence-corrected chi connectivity index (χ0v) is 23.2. The van der Waals surface area contributed by atoms with Crippen LogP contribution in [0.25, 0.3) is 0 Å². The van der Waals surface area contributed by atoms with Crippen LogP contribution in [0.3, 0.4) is 0 Å². The minimum Gasteiger partial charge on any atom is -0.393 e. The summed E-state index contributed by atoms with van der Waals surface area (Å²) in [6.07, 6.45) is 7.39. The van der Waals surface area contributed by atoms with Crippen molar-refractivity contribution in [2.75, 3.05) is 5.32 Å². The van der Waals surface area contributed by atoms with E-state index in [2.05, 4.69) is 16.0 Å². The highest BCUT2D eigenvalue weighted by Crippen LogP contribution is 2.57. The van der Waals surface area contributed by atoms with Crippen LogP contribution in [-0.2, 0) is 15.0 Å². The van der Waals surface area contributed by atoms with Crippen LogP contribution in [0.15, 0.2) is 36.4 Å². The van der Waals surface area contributed by atoms with Gasteiger partial charge in [0.1, 0.15) is 11.2 Å². The van der Waals surface area contributed by atoms with Crippen molar-refractivity contribution in [3.8, 4) is 0 Å². The number of aliphatic hydroxyl groups excluding tert-OH is 1. The third kappa shape index (κ3) is 4.65. The first-order valence-corrected chi connectivity index (χ1v) is 14.8. The molecule has 1 spiro atoms. The first kappa shape index (κ1) is 27.0. The number of halogens is 3. The molecule has 4 atom stereocenters. The highest BCUT2D eigenvalue weighted by Gasteiger charge is 2.66. The van der Waals surface area contributed by atoms with Gasteiger partial charge < -0.3 is 21.1 Å². The van der Waals surface area contributed by atoms with Gasteiger partial charge in [-0.15, -0.1) is 0 Å². The maximum absolute atomic E-state index is 15.9. The van der Waals surface area contributed by atoms with Gasteiger partial charge in [-0.2, -0.15) is 0 Å². The molecule has 1 saturated heterocycles. The molecule has 2 aromatic rings. The van der Waals surface area contributed by atoms with Crippen molar-refractivity contribution < 1.29 is 19.1 Å². The molecule has 0 radical (unpaired) electrons. The Morgan fingerprint density at radius 3 is 2.56 bits per heavy atom. The third-order valence-electron chi connectivity index (χ3n) is 9.49. The fourth-order valence-electron chi connectivity index (χ4n) is 7.66. The molecule has 9 heteroatoms. The summed E-state index contributed by atoms with van der Waals surface area (Å²) in [5.41, 5.74) is 0.355. The second-order valence-electron chi connectivity index (χ2n) is 11.7. The van der Waals surface area contributed by atoms with Crippen molar-refractivity contribution in [3.63, 3.8) is 0 Å². The van der Waals surface area contributed by atoms with E-state index < -0.39 is 29.2 Å². The molecule has 39 heavy (non-hydrogen) atoms. The molecule has 2 saturated carbocycles. The summed E-state index contributed by atoms with van der Waals surface area (Å²) in [7, 11) is 0. The van der Waals surface area contributed by atoms with Crippen LogP contribution in [0.4, 0.5) is 10.1 Å². The zero-order chi connectivity index (χ0) is 27.3. The number of benzene rings is 2. The number of fused-ring (bicyclic) bond motifs is 2. The Bertz CT molecular complexity index is 1280. The van der Waals surface area contributed by atoms with E-state index in [-0.39, 0.29) is 34.5 Å². The van der Waals surface area contributed by atoms with E-state index in [4.69, 9.17) is 23.2 Å². The minimum absolute atomic E-state index is 0.0444. The number of carbonyl (C=O) groups is 2. The second kappa shape index (κ2) is 10.7. The van der Waals surface area contributed by atoms with Crippen molar-refractivity contribution in [2.45, 2.75) is 93.3 Å². The van der Waals surface area contributed by atoms with Gasteiger partial charge in [0, 0.05) is 28.7 Å². The fourth-order valence-corrected chi connectivity index (χ4v) is 8.02. The highest BCUT2D eigenvalue weighted by molar-refractivity contribution is 6.31. The number of hydrogen-bond acceptors (Lipinski definition) is 4. The van der Waals surface area contributed by atoms with Crippen molar-refractivity contribution >= 4 is 40.7 Å². The minimum atomic E-state index is -1.22. The van der Waals surface area contributed by atoms with Crippen molar-refractivity contribution in [3.05, 3.63) is 63.4 Å². The number of amides is 2. The number of nitrogens with one attached hydrogen (secondary N) is 3. The van der Waals surface area contributed by atoms with Gasteiger partial charge in [0.2, 0.25) is 11.8 Å². The number of rotatable bonds is 5. The molecule has 2 aliphatic heterocycles. The molecule has 208 valence electrons. The van der Waals surface area contributed by atoms with Crippen LogP contribution in [0.1, 0.15) is 74.8 Å². The number of anilines is 1. The largest absolute Gasteiger partial charge is 0.393 e. The molecule has 0 bridgehead atoms. The Morgan fingerprint density at radius 2 is 1.82 bits per heavy atom. The van der Waals surface area contributed by atoms with Crippen LogP contribution in [0, 0.1) is 11.7 Å². The average molecular weight is 575 g/mol. The lowest BCUT2D eigenvalue weighted by Gasteiger charge is -2.36. The van der Waals surface area contributed by atoms with E-state index >= 15 is 4.39 Å². The molecule has 0 unspecified atom stereocenters. The molecular weight excluding hydrogens is 540 g/mol. The normalized spacial score (nSPS) is 32.4. The van der Waals surface area contributed by atoms with Gasteiger partial charge in [0.25, 0.3) is 0 Å². The summed E-state index contributed by atoms with van der Waals surface area (Å²) in [6, 6.07) is 8.79. The Hall–Kier alpha value is -2.19. The standard InChI is InChI=1S/C30H34Cl2FN3O3/c31-17-8-13-21-23(15-17)35-29(39)30(21)24(14-16-4-1-2-5-16)36-27(25(30)20-6-3-7-22(32)26(20)33)28(38)34-18-9-11-19(37)12-10-18/h3,6-8,13,15-16,18-19,24-25,27,36-37H,1-2,4-5,9-12,14H2,(H,34,38)(H,35,39)/t18-,19-,24-,25-,27+,30+/m0/s1. The smallest absolute Gasteiger partial charge is 0.238 e. The van der Waals surface area contributed by atoms with Crippen LogP contribution >= 0.6 is 23.2 Å². The van der Waals surface area contributed by atoms with E-state index in [1.54, 1.807) is 24.3 Å². The number of carbonyl (C=O) groups excluding carboxylic acids is 2. The van der Waals surface area contributed by atoms with Crippen LogP contribution in [0.2, 0.25) is 10.0 Å². The van der Waals surface area contributed by atoms with Gasteiger partial charge in [-0.1, -0.05) is 67.1 Å². The molecule has 2 aromatic carbocycles. The Kier molecular flexibility index (Phi) is 7.38. The summed E-state index contributed by atoms with van der Waals surface area (Å²) in [4.78, 5) is 28.2. The Labute approximate surface area is 238 Å². The van der Waals surface area contributed by atoms with Crippen LogP contribution in [-0.4, -0.2) is 41.2 Å². The van der Waals surface area contributed by atoms with E-state index in [0.29, 0.717) is 48.7 Å². The second-order valence-corrected chi connectivity index (χ2v) is 12.6. The molecule has 2 aliphatic carbocycles. The van der Waals surface area contributed by atoms with E-state index in [1.165, 1.54) is 6.07 Å². The van der Waals surface area contributed by atoms with Crippen molar-refractivity contribution in [1.82, 2.24) is 10.6 Å². The first-order valence-electron chi connectivity index (χ1n) is 14.1. The maximum Gasteiger partial charge on any atom is 0.238 e. The molecule has 6 rings (SSSR count). The first-order chi connectivity index (χ1) is 18.8. The lowest BCUT2D eigenvalue weighted by Crippen LogP contribution is -2.49. The lowest BCUT2D eigenvalue weighted by molar-refractivity contribution is -0.124.